The zero-order chi connectivity index (χ0) is 18.8. The Morgan fingerprint density at radius 2 is 1.93 bits per heavy atom. The molecule has 0 radical (unpaired) electrons. The van der Waals surface area contributed by atoms with E-state index >= 15 is 0 Å². The van der Waals surface area contributed by atoms with E-state index in [2.05, 4.69) is 4.90 Å². The number of aromatic hydroxyl groups is 1. The summed E-state index contributed by atoms with van der Waals surface area (Å²) in [6.45, 7) is 2.52. The van der Waals surface area contributed by atoms with Gasteiger partial charge in [0.05, 0.1) is 18.1 Å². The first-order chi connectivity index (χ1) is 13.2. The second-order valence-corrected chi connectivity index (χ2v) is 6.63. The summed E-state index contributed by atoms with van der Waals surface area (Å²) in [5.74, 6) is 1.35. The van der Waals surface area contributed by atoms with Gasteiger partial charge in [0.15, 0.2) is 0 Å². The van der Waals surface area contributed by atoms with Crippen LogP contribution in [0.5, 0.6) is 23.0 Å². The summed E-state index contributed by atoms with van der Waals surface area (Å²) in [4.78, 5) is 15.1. The molecule has 3 aromatic rings. The van der Waals surface area contributed by atoms with Crippen LogP contribution in [0.25, 0.3) is 11.0 Å². The predicted octanol–water partition coefficient (Wildman–Crippen LogP) is 3.90. The Morgan fingerprint density at radius 3 is 2.70 bits per heavy atom. The minimum absolute atomic E-state index is 0.0913. The van der Waals surface area contributed by atoms with E-state index in [1.165, 1.54) is 6.26 Å². The van der Waals surface area contributed by atoms with Crippen LogP contribution in [0.1, 0.15) is 18.4 Å². The average molecular weight is 367 g/mol. The van der Waals surface area contributed by atoms with Gasteiger partial charge in [-0.25, -0.2) is 0 Å². The lowest BCUT2D eigenvalue weighted by Gasteiger charge is -2.16. The minimum Gasteiger partial charge on any atom is -0.507 e. The van der Waals surface area contributed by atoms with E-state index in [-0.39, 0.29) is 16.9 Å². The van der Waals surface area contributed by atoms with Crippen molar-refractivity contribution in [2.75, 3.05) is 20.2 Å². The topological polar surface area (TPSA) is 72.1 Å². The van der Waals surface area contributed by atoms with Gasteiger partial charge < -0.3 is 19.0 Å². The van der Waals surface area contributed by atoms with Crippen LogP contribution in [0.2, 0.25) is 0 Å². The molecule has 1 saturated heterocycles. The summed E-state index contributed by atoms with van der Waals surface area (Å²) >= 11 is 0. The van der Waals surface area contributed by atoms with Gasteiger partial charge in [-0.1, -0.05) is 6.07 Å². The van der Waals surface area contributed by atoms with Crippen LogP contribution in [-0.4, -0.2) is 30.2 Å². The van der Waals surface area contributed by atoms with Gasteiger partial charge in [-0.15, -0.1) is 0 Å². The van der Waals surface area contributed by atoms with Crippen LogP contribution in [0, 0.1) is 0 Å². The number of benzene rings is 2. The molecule has 0 unspecified atom stereocenters. The normalized spacial score (nSPS) is 14.6. The molecule has 0 aliphatic carbocycles. The van der Waals surface area contributed by atoms with Gasteiger partial charge in [0, 0.05) is 12.6 Å². The number of hydrogen-bond acceptors (Lipinski definition) is 6. The summed E-state index contributed by atoms with van der Waals surface area (Å²) < 4.78 is 16.6. The molecule has 1 aliphatic rings. The molecule has 27 heavy (non-hydrogen) atoms. The molecule has 1 fully saturated rings. The number of fused-ring (bicyclic) bond motifs is 1. The molecule has 1 N–H and O–H groups in total. The lowest BCUT2D eigenvalue weighted by atomic mass is 10.1. The average Bonchev–Trinajstić information content (AvgIpc) is 3.19. The second kappa shape index (κ2) is 7.32. The third-order valence-corrected chi connectivity index (χ3v) is 4.84. The maximum Gasteiger partial charge on any atom is 0.235 e. The lowest BCUT2D eigenvalue weighted by molar-refractivity contribution is 0.323. The Kier molecular flexibility index (Phi) is 4.73. The zero-order valence-electron chi connectivity index (χ0n) is 15.1. The molecule has 1 aromatic heterocycles. The van der Waals surface area contributed by atoms with Gasteiger partial charge in [0.1, 0.15) is 29.1 Å². The highest BCUT2D eigenvalue weighted by Gasteiger charge is 2.19. The van der Waals surface area contributed by atoms with Crippen molar-refractivity contribution in [3.8, 4) is 23.0 Å². The first-order valence-corrected chi connectivity index (χ1v) is 8.96. The van der Waals surface area contributed by atoms with Crippen LogP contribution in [0.4, 0.5) is 0 Å². The second-order valence-electron chi connectivity index (χ2n) is 6.63. The monoisotopic (exact) mass is 367 g/mol. The molecular formula is C21H21NO5. The van der Waals surface area contributed by atoms with Crippen LogP contribution in [0.3, 0.4) is 0 Å². The predicted molar refractivity (Wildman–Crippen MR) is 102 cm³/mol. The number of phenolic OH excluding ortho intramolecular Hbond substituents is 1. The van der Waals surface area contributed by atoms with Crippen molar-refractivity contribution >= 4 is 11.0 Å². The molecule has 0 bridgehead atoms. The number of nitrogens with zero attached hydrogens (tertiary/aromatic N) is 1. The van der Waals surface area contributed by atoms with Gasteiger partial charge in [-0.05, 0) is 50.2 Å². The van der Waals surface area contributed by atoms with Crippen molar-refractivity contribution < 1.29 is 19.0 Å². The van der Waals surface area contributed by atoms with E-state index < -0.39 is 0 Å². The van der Waals surface area contributed by atoms with Gasteiger partial charge in [0.2, 0.25) is 11.2 Å². The highest BCUT2D eigenvalue weighted by molar-refractivity contribution is 5.83. The summed E-state index contributed by atoms with van der Waals surface area (Å²) in [6, 6.07) is 10.1. The minimum atomic E-state index is -0.276. The van der Waals surface area contributed by atoms with E-state index in [4.69, 9.17) is 13.9 Å². The Labute approximate surface area is 156 Å². The molecule has 0 spiro atoms. The Morgan fingerprint density at radius 1 is 1.15 bits per heavy atom. The lowest BCUT2D eigenvalue weighted by Crippen LogP contribution is -2.19. The van der Waals surface area contributed by atoms with Crippen LogP contribution < -0.4 is 14.9 Å². The van der Waals surface area contributed by atoms with Crippen molar-refractivity contribution in [1.29, 1.82) is 0 Å². The molecule has 2 aromatic carbocycles. The van der Waals surface area contributed by atoms with Crippen molar-refractivity contribution in [1.82, 2.24) is 4.90 Å². The van der Waals surface area contributed by atoms with Crippen LogP contribution in [-0.2, 0) is 6.54 Å². The van der Waals surface area contributed by atoms with E-state index in [0.29, 0.717) is 34.6 Å². The quantitative estimate of drug-likeness (QED) is 0.737. The van der Waals surface area contributed by atoms with Gasteiger partial charge >= 0.3 is 0 Å². The molecule has 2 heterocycles. The maximum atomic E-state index is 12.9. The molecule has 6 nitrogen and oxygen atoms in total. The van der Waals surface area contributed by atoms with Crippen molar-refractivity contribution in [3.05, 3.63) is 58.4 Å². The molecule has 0 amide bonds. The SMILES string of the molecule is COc1cccc(Oc2coc3c(CN4CCCC4)c(O)ccc3c2=O)c1. The fourth-order valence-corrected chi connectivity index (χ4v) is 3.41. The first-order valence-electron chi connectivity index (χ1n) is 8.96. The summed E-state index contributed by atoms with van der Waals surface area (Å²) in [5.41, 5.74) is 0.770. The van der Waals surface area contributed by atoms with E-state index in [0.717, 1.165) is 25.9 Å². The Balaban J connectivity index is 1.71. The maximum absolute atomic E-state index is 12.9. The Bertz CT molecular complexity index is 1020. The van der Waals surface area contributed by atoms with E-state index in [9.17, 15) is 9.90 Å². The van der Waals surface area contributed by atoms with E-state index in [1.807, 2.05) is 0 Å². The highest BCUT2D eigenvalue weighted by atomic mass is 16.5. The van der Waals surface area contributed by atoms with Crippen molar-refractivity contribution in [2.45, 2.75) is 19.4 Å². The number of ether oxygens (including phenoxy) is 2. The van der Waals surface area contributed by atoms with Crippen LogP contribution >= 0.6 is 0 Å². The summed E-state index contributed by atoms with van der Waals surface area (Å²) in [7, 11) is 1.57. The third-order valence-electron chi connectivity index (χ3n) is 4.84. The van der Waals surface area contributed by atoms with Crippen molar-refractivity contribution in [2.24, 2.45) is 0 Å². The number of likely N-dealkylation sites (tertiary alicyclic amines) is 1. The number of rotatable bonds is 5. The number of phenols is 1. The third kappa shape index (κ3) is 3.48. The Hall–Kier alpha value is -2.99. The molecule has 0 atom stereocenters. The van der Waals surface area contributed by atoms with Gasteiger partial charge in [0.25, 0.3) is 0 Å². The number of methoxy groups -OCH3 is 1. The fraction of sp³-hybridized carbons (Fsp3) is 0.286. The highest BCUT2D eigenvalue weighted by Crippen LogP contribution is 2.30. The van der Waals surface area contributed by atoms with Crippen molar-refractivity contribution in [3.63, 3.8) is 0 Å². The van der Waals surface area contributed by atoms with Gasteiger partial charge in [-0.2, -0.15) is 0 Å². The zero-order valence-corrected chi connectivity index (χ0v) is 15.1. The fourth-order valence-electron chi connectivity index (χ4n) is 3.41. The standard InChI is InChI=1S/C21H21NO5/c1-25-14-5-4-6-15(11-14)27-19-13-26-21-16(20(19)24)7-8-18(23)17(21)12-22-9-2-3-10-22/h4-8,11,13,23H,2-3,9-10,12H2,1H3. The molecule has 4 rings (SSSR count). The summed E-state index contributed by atoms with van der Waals surface area (Å²) in [5, 5.41) is 10.7. The van der Waals surface area contributed by atoms with E-state index in [1.54, 1.807) is 43.5 Å². The number of hydrogen-bond donors (Lipinski definition) is 1. The smallest absolute Gasteiger partial charge is 0.235 e. The molecular weight excluding hydrogens is 346 g/mol. The molecule has 6 heteroatoms. The molecule has 1 aliphatic heterocycles. The molecule has 0 saturated carbocycles. The largest absolute Gasteiger partial charge is 0.507 e. The first kappa shape index (κ1) is 17.4. The summed E-state index contributed by atoms with van der Waals surface area (Å²) in [6.07, 6.45) is 3.60. The molecule has 140 valence electrons. The van der Waals surface area contributed by atoms with Gasteiger partial charge in [-0.3, -0.25) is 9.69 Å². The van der Waals surface area contributed by atoms with Crippen LogP contribution in [0.15, 0.2) is 51.9 Å².